The molecule has 0 spiro atoms. The topological polar surface area (TPSA) is 85.4 Å². The number of likely N-dealkylation sites (N-methyl/N-ethyl adjacent to an activating group) is 1. The van der Waals surface area contributed by atoms with Gasteiger partial charge in [0.25, 0.3) is 0 Å². The predicted octanol–water partition coefficient (Wildman–Crippen LogP) is 2.75. The number of hydrogen-bond donors (Lipinski definition) is 1. The minimum absolute atomic E-state index is 0.258. The van der Waals surface area contributed by atoms with Gasteiger partial charge in [-0.1, -0.05) is 36.4 Å². The average Bonchev–Trinajstić information content (AvgIpc) is 3.49. The van der Waals surface area contributed by atoms with Crippen LogP contribution in [0.1, 0.15) is 22.6 Å². The first-order valence-corrected chi connectivity index (χ1v) is 14.2. The zero-order valence-electron chi connectivity index (χ0n) is 21.2. The second kappa shape index (κ2) is 10.6. The number of carbonyl (C=O) groups excluding carboxylic acids is 2. The van der Waals surface area contributed by atoms with Crippen LogP contribution in [0, 0.1) is 5.41 Å². The van der Waals surface area contributed by atoms with Crippen LogP contribution in [0.3, 0.4) is 0 Å². The van der Waals surface area contributed by atoms with Gasteiger partial charge in [-0.3, -0.25) is 4.79 Å². The number of amides is 1. The summed E-state index contributed by atoms with van der Waals surface area (Å²) in [5, 5.41) is 17.3. The standard InChI is InChI=1S/C28H32N4O3S2/c1-32(2)12-10-31(11-13-32)37-23-9-5-8-20(14-23)24-19-36-25(30-24)18-29-27(35)28(17-26(33)34)15-21-6-3-4-7-22(21)16-28/h3-9,14,19H,10-13,15-18H2,1-2H3,(H-,29,33,34,35). The van der Waals surface area contributed by atoms with Crippen molar-refractivity contribution in [1.29, 1.82) is 0 Å². The summed E-state index contributed by atoms with van der Waals surface area (Å²) >= 11 is 3.29. The van der Waals surface area contributed by atoms with E-state index in [2.05, 4.69) is 48.0 Å². The maximum absolute atomic E-state index is 13.3. The zero-order valence-corrected chi connectivity index (χ0v) is 22.9. The van der Waals surface area contributed by atoms with E-state index in [1.807, 2.05) is 29.6 Å². The summed E-state index contributed by atoms with van der Waals surface area (Å²) in [6.45, 7) is 4.68. The van der Waals surface area contributed by atoms with E-state index >= 15 is 0 Å². The lowest BCUT2D eigenvalue weighted by molar-refractivity contribution is -0.893. The van der Waals surface area contributed by atoms with Gasteiger partial charge in [0.15, 0.2) is 0 Å². The van der Waals surface area contributed by atoms with E-state index in [0.717, 1.165) is 58.1 Å². The molecule has 1 fully saturated rings. The summed E-state index contributed by atoms with van der Waals surface area (Å²) in [5.74, 6) is -1.46. The molecule has 5 rings (SSSR count). The fourth-order valence-corrected chi connectivity index (χ4v) is 6.85. The minimum atomic E-state index is -1.20. The highest BCUT2D eigenvalue weighted by atomic mass is 32.2. The third kappa shape index (κ3) is 6.06. The van der Waals surface area contributed by atoms with Gasteiger partial charge in [0.05, 0.1) is 57.9 Å². The molecule has 7 nitrogen and oxygen atoms in total. The van der Waals surface area contributed by atoms with Gasteiger partial charge in [0.1, 0.15) is 5.01 Å². The SMILES string of the molecule is C[N+]1(C)CCN(Sc2cccc(-c3csc(CNC(=O)C4(CC(=O)[O-])Cc5ccccc5C4)n3)c2)CC1. The number of carboxylic acids is 1. The van der Waals surface area contributed by atoms with Crippen molar-refractivity contribution in [3.05, 3.63) is 70.0 Å². The monoisotopic (exact) mass is 536 g/mol. The first-order chi connectivity index (χ1) is 17.7. The summed E-state index contributed by atoms with van der Waals surface area (Å²) in [5.41, 5.74) is 2.97. The van der Waals surface area contributed by atoms with Gasteiger partial charge in [-0.15, -0.1) is 11.3 Å². The van der Waals surface area contributed by atoms with Crippen LogP contribution in [0.2, 0.25) is 0 Å². The smallest absolute Gasteiger partial charge is 0.227 e. The lowest BCUT2D eigenvalue weighted by Gasteiger charge is -2.38. The van der Waals surface area contributed by atoms with Crippen LogP contribution in [-0.2, 0) is 29.0 Å². The van der Waals surface area contributed by atoms with Crippen LogP contribution in [-0.4, -0.2) is 65.9 Å². The van der Waals surface area contributed by atoms with Gasteiger partial charge >= 0.3 is 0 Å². The molecule has 0 radical (unpaired) electrons. The Bertz CT molecular complexity index is 1270. The molecule has 1 saturated heterocycles. The Morgan fingerprint density at radius 2 is 1.81 bits per heavy atom. The average molecular weight is 537 g/mol. The van der Waals surface area contributed by atoms with E-state index in [9.17, 15) is 14.7 Å². The molecule has 1 aliphatic heterocycles. The summed E-state index contributed by atoms with van der Waals surface area (Å²) in [6.07, 6.45) is 0.517. The summed E-state index contributed by atoms with van der Waals surface area (Å²) in [7, 11) is 4.56. The van der Waals surface area contributed by atoms with Gasteiger partial charge in [0.2, 0.25) is 5.91 Å². The fourth-order valence-electron chi connectivity index (χ4n) is 5.14. The number of benzene rings is 2. The normalized spacial score (nSPS) is 18.3. The molecule has 2 heterocycles. The highest BCUT2D eigenvalue weighted by Crippen LogP contribution is 2.40. The molecule has 0 atom stereocenters. The lowest BCUT2D eigenvalue weighted by Crippen LogP contribution is -2.52. The molecule has 37 heavy (non-hydrogen) atoms. The Labute approximate surface area is 226 Å². The van der Waals surface area contributed by atoms with Gasteiger partial charge in [0, 0.05) is 28.2 Å². The number of aliphatic carboxylic acids is 1. The van der Waals surface area contributed by atoms with Gasteiger partial charge in [-0.2, -0.15) is 0 Å². The van der Waals surface area contributed by atoms with E-state index in [1.54, 1.807) is 11.9 Å². The number of rotatable bonds is 8. The number of piperazine rings is 1. The summed E-state index contributed by atoms with van der Waals surface area (Å²) in [4.78, 5) is 30.7. The van der Waals surface area contributed by atoms with Crippen molar-refractivity contribution in [2.24, 2.45) is 5.41 Å². The van der Waals surface area contributed by atoms with Gasteiger partial charge in [-0.05, 0) is 48.0 Å². The van der Waals surface area contributed by atoms with E-state index in [1.165, 1.54) is 16.2 Å². The van der Waals surface area contributed by atoms with Crippen molar-refractivity contribution in [3.63, 3.8) is 0 Å². The van der Waals surface area contributed by atoms with Crippen molar-refractivity contribution in [2.45, 2.75) is 30.7 Å². The number of nitrogens with zero attached hydrogens (tertiary/aromatic N) is 3. The number of nitrogens with one attached hydrogen (secondary N) is 1. The number of fused-ring (bicyclic) bond motifs is 1. The van der Waals surface area contributed by atoms with Crippen molar-refractivity contribution in [1.82, 2.24) is 14.6 Å². The summed E-state index contributed by atoms with van der Waals surface area (Å²) in [6, 6.07) is 16.2. The maximum atomic E-state index is 13.3. The molecule has 194 valence electrons. The third-order valence-corrected chi connectivity index (χ3v) is 9.30. The second-order valence-electron chi connectivity index (χ2n) is 10.7. The number of carbonyl (C=O) groups is 2. The number of hydrogen-bond acceptors (Lipinski definition) is 7. The molecule has 0 unspecified atom stereocenters. The molecule has 1 aromatic heterocycles. The van der Waals surface area contributed by atoms with E-state index in [0.29, 0.717) is 12.8 Å². The molecule has 0 bridgehead atoms. The highest BCUT2D eigenvalue weighted by Gasteiger charge is 2.43. The van der Waals surface area contributed by atoms with Crippen LogP contribution in [0.15, 0.2) is 58.8 Å². The summed E-state index contributed by atoms with van der Waals surface area (Å²) < 4.78 is 3.49. The number of quaternary nitrogens is 1. The third-order valence-electron chi connectivity index (χ3n) is 7.37. The van der Waals surface area contributed by atoms with Crippen LogP contribution in [0.5, 0.6) is 0 Å². The maximum Gasteiger partial charge on any atom is 0.227 e. The molecule has 1 amide bonds. The van der Waals surface area contributed by atoms with Crippen molar-refractivity contribution >= 4 is 35.2 Å². The Kier molecular flexibility index (Phi) is 7.40. The Hall–Kier alpha value is -2.72. The van der Waals surface area contributed by atoms with Crippen molar-refractivity contribution in [2.75, 3.05) is 40.3 Å². The second-order valence-corrected chi connectivity index (χ2v) is 12.8. The van der Waals surface area contributed by atoms with Crippen LogP contribution in [0.4, 0.5) is 0 Å². The number of carboxylic acid groups (broad SMARTS) is 1. The first-order valence-electron chi connectivity index (χ1n) is 12.6. The molecular formula is C28H32N4O3S2. The van der Waals surface area contributed by atoms with E-state index < -0.39 is 11.4 Å². The molecule has 3 aromatic rings. The molecule has 2 aromatic carbocycles. The largest absolute Gasteiger partial charge is 0.550 e. The molecule has 2 aliphatic rings. The van der Waals surface area contributed by atoms with E-state index in [4.69, 9.17) is 4.98 Å². The fraction of sp³-hybridized carbons (Fsp3) is 0.393. The Balaban J connectivity index is 1.22. The molecule has 0 saturated carbocycles. The lowest BCUT2D eigenvalue weighted by atomic mass is 9.80. The van der Waals surface area contributed by atoms with Crippen LogP contribution < -0.4 is 10.4 Å². The van der Waals surface area contributed by atoms with Gasteiger partial charge in [-0.25, -0.2) is 9.29 Å². The quantitative estimate of drug-likeness (QED) is 0.352. The van der Waals surface area contributed by atoms with E-state index in [-0.39, 0.29) is 18.9 Å². The predicted molar refractivity (Wildman–Crippen MR) is 145 cm³/mol. The molecule has 9 heteroatoms. The molecule has 1 N–H and O–H groups in total. The molecule has 1 aliphatic carbocycles. The Morgan fingerprint density at radius 3 is 2.49 bits per heavy atom. The van der Waals surface area contributed by atoms with Crippen LogP contribution in [0.25, 0.3) is 11.3 Å². The number of thiazole rings is 1. The van der Waals surface area contributed by atoms with Crippen molar-refractivity contribution in [3.8, 4) is 11.3 Å². The minimum Gasteiger partial charge on any atom is -0.550 e. The van der Waals surface area contributed by atoms with Crippen molar-refractivity contribution < 1.29 is 19.2 Å². The highest BCUT2D eigenvalue weighted by molar-refractivity contribution is 7.97. The van der Waals surface area contributed by atoms with Crippen LogP contribution >= 0.6 is 23.3 Å². The zero-order chi connectivity index (χ0) is 26.0. The number of aromatic nitrogens is 1. The molecular weight excluding hydrogens is 504 g/mol. The first kappa shape index (κ1) is 25.9. The van der Waals surface area contributed by atoms with Gasteiger partial charge < -0.3 is 19.7 Å². The Morgan fingerprint density at radius 1 is 1.11 bits per heavy atom.